The van der Waals surface area contributed by atoms with Crippen LogP contribution in [-0.2, 0) is 5.04 Å². The molecule has 0 saturated carbocycles. The Kier molecular flexibility index (Phi) is 4.99. The van der Waals surface area contributed by atoms with Crippen LogP contribution in [-0.4, -0.2) is 8.07 Å². The molecular formula is C36H30Si. The van der Waals surface area contributed by atoms with E-state index in [0.29, 0.717) is 5.92 Å². The molecule has 1 heteroatoms. The fraction of sp³-hybridized carbons (Fsp3) is 0.111. The van der Waals surface area contributed by atoms with E-state index in [9.17, 15) is 0 Å². The summed E-state index contributed by atoms with van der Waals surface area (Å²) >= 11 is 0. The lowest BCUT2D eigenvalue weighted by Crippen LogP contribution is -2.59. The van der Waals surface area contributed by atoms with Gasteiger partial charge in [0.25, 0.3) is 0 Å². The van der Waals surface area contributed by atoms with Crippen molar-refractivity contribution in [2.24, 2.45) is 0 Å². The molecule has 37 heavy (non-hydrogen) atoms. The van der Waals surface area contributed by atoms with E-state index in [4.69, 9.17) is 0 Å². The minimum Gasteiger partial charge on any atom is -0.0642 e. The van der Waals surface area contributed by atoms with Gasteiger partial charge in [-0.3, -0.25) is 0 Å². The van der Waals surface area contributed by atoms with Crippen LogP contribution in [0.3, 0.4) is 0 Å². The Hall–Kier alpha value is -3.94. The molecule has 0 N–H and O–H groups in total. The first-order chi connectivity index (χ1) is 18.1. The van der Waals surface area contributed by atoms with Gasteiger partial charge in [0.05, 0.1) is 0 Å². The van der Waals surface area contributed by atoms with E-state index in [1.54, 1.807) is 0 Å². The molecule has 3 aliphatic rings. The summed E-state index contributed by atoms with van der Waals surface area (Å²) in [5, 5.41) is 1.29. The first-order valence-electron chi connectivity index (χ1n) is 13.2. The molecule has 0 radical (unpaired) electrons. The molecular weight excluding hydrogens is 460 g/mol. The van der Waals surface area contributed by atoms with Crippen molar-refractivity contribution in [1.82, 2.24) is 0 Å². The topological polar surface area (TPSA) is 0 Å². The largest absolute Gasteiger partial charge is 0.103 e. The van der Waals surface area contributed by atoms with Gasteiger partial charge in [-0.25, -0.2) is 0 Å². The average molecular weight is 491 g/mol. The zero-order valence-electron chi connectivity index (χ0n) is 21.4. The summed E-state index contributed by atoms with van der Waals surface area (Å²) in [6.07, 6.45) is 2.48. The highest BCUT2D eigenvalue weighted by Crippen LogP contribution is 2.63. The van der Waals surface area contributed by atoms with Gasteiger partial charge in [-0.2, -0.15) is 0 Å². The molecule has 0 saturated heterocycles. The van der Waals surface area contributed by atoms with E-state index in [2.05, 4.69) is 153 Å². The maximum absolute atomic E-state index is 2.60. The van der Waals surface area contributed by atoms with E-state index < -0.39 is 8.07 Å². The summed E-state index contributed by atoms with van der Waals surface area (Å²) in [6, 6.07) is 49.8. The molecule has 0 atom stereocenters. The maximum Gasteiger partial charge on any atom is 0.103 e. The summed E-state index contributed by atoms with van der Waals surface area (Å²) in [6.45, 7) is 5.20. The van der Waals surface area contributed by atoms with Crippen molar-refractivity contribution in [3.05, 3.63) is 178 Å². The van der Waals surface area contributed by atoms with Crippen molar-refractivity contribution >= 4 is 19.3 Å². The van der Waals surface area contributed by atoms with Crippen molar-refractivity contribution in [3.8, 4) is 0 Å². The Bertz CT molecular complexity index is 1530. The second-order valence-electron chi connectivity index (χ2n) is 10.9. The van der Waals surface area contributed by atoms with Crippen LogP contribution < -0.4 is 0 Å². The van der Waals surface area contributed by atoms with Gasteiger partial charge in [-0.1, -0.05) is 158 Å². The third-order valence-electron chi connectivity index (χ3n) is 8.83. The van der Waals surface area contributed by atoms with E-state index in [-0.39, 0.29) is 5.04 Å². The second-order valence-corrected chi connectivity index (χ2v) is 15.4. The van der Waals surface area contributed by atoms with Crippen LogP contribution in [0.4, 0.5) is 0 Å². The van der Waals surface area contributed by atoms with E-state index in [1.807, 2.05) is 0 Å². The quantitative estimate of drug-likeness (QED) is 0.174. The van der Waals surface area contributed by atoms with Crippen LogP contribution in [0.15, 0.2) is 133 Å². The second kappa shape index (κ2) is 8.29. The summed E-state index contributed by atoms with van der Waals surface area (Å²) in [4.78, 5) is 0. The molecule has 0 amide bonds. The van der Waals surface area contributed by atoms with Crippen molar-refractivity contribution < 1.29 is 0 Å². The number of rotatable bonds is 4. The molecule has 0 heterocycles. The van der Waals surface area contributed by atoms with Crippen LogP contribution in [0.5, 0.6) is 0 Å². The molecule has 0 fully saturated rings. The molecule has 0 aromatic heterocycles. The van der Waals surface area contributed by atoms with Crippen LogP contribution in [0.2, 0.25) is 13.1 Å². The minimum absolute atomic E-state index is 0.192. The van der Waals surface area contributed by atoms with E-state index in [0.717, 1.165) is 0 Å². The van der Waals surface area contributed by atoms with Crippen LogP contribution in [0.25, 0.3) is 11.3 Å². The summed E-state index contributed by atoms with van der Waals surface area (Å²) in [7, 11) is -2.36. The SMILES string of the molecule is C[Si](C)(/C(=C\c1ccccc1)c1ccccc1)C12c3ccccc3C(c3ccccc31)c1ccccc12. The molecule has 178 valence electrons. The normalized spacial score (nSPS) is 19.6. The molecule has 0 nitrogen and oxygen atoms in total. The first-order valence-corrected chi connectivity index (χ1v) is 16.2. The number of benzene rings is 5. The highest BCUT2D eigenvalue weighted by Gasteiger charge is 2.60. The Morgan fingerprint density at radius 3 is 1.43 bits per heavy atom. The Labute approximate surface area is 221 Å². The molecule has 5 aromatic carbocycles. The smallest absolute Gasteiger partial charge is 0.0642 e. The van der Waals surface area contributed by atoms with Crippen molar-refractivity contribution in [2.75, 3.05) is 0 Å². The Morgan fingerprint density at radius 2 is 0.946 bits per heavy atom. The van der Waals surface area contributed by atoms with Gasteiger partial charge in [-0.15, -0.1) is 0 Å². The minimum atomic E-state index is -2.36. The summed E-state index contributed by atoms with van der Waals surface area (Å²) < 4.78 is 0. The first kappa shape index (κ1) is 22.3. The highest BCUT2D eigenvalue weighted by atomic mass is 28.3. The predicted octanol–water partition coefficient (Wildman–Crippen LogP) is 8.86. The standard InChI is InChI=1S/C36H30Si/c1-37(2,34(27-17-7-4-8-18-27)25-26-15-5-3-6-16-26)36-31-22-12-9-19-28(31)35(29-20-10-13-23-32(29)36)30-21-11-14-24-33(30)36/h3-25,35H,1-2H3/b34-25-. The van der Waals surface area contributed by atoms with Crippen molar-refractivity contribution in [2.45, 2.75) is 24.1 Å². The van der Waals surface area contributed by atoms with Crippen molar-refractivity contribution in [1.29, 1.82) is 0 Å². The summed E-state index contributed by atoms with van der Waals surface area (Å²) in [5.41, 5.74) is 11.5. The van der Waals surface area contributed by atoms with Gasteiger partial charge < -0.3 is 0 Å². The average Bonchev–Trinajstić information content (AvgIpc) is 2.96. The lowest BCUT2D eigenvalue weighted by molar-refractivity contribution is 0.683. The molecule has 0 unspecified atom stereocenters. The van der Waals surface area contributed by atoms with Crippen LogP contribution >= 0.6 is 0 Å². The van der Waals surface area contributed by atoms with Gasteiger partial charge >= 0.3 is 0 Å². The molecule has 2 bridgehead atoms. The highest BCUT2D eigenvalue weighted by molar-refractivity contribution is 6.99. The van der Waals surface area contributed by atoms with Crippen LogP contribution in [0.1, 0.15) is 50.4 Å². The summed E-state index contributed by atoms with van der Waals surface area (Å²) in [5.74, 6) is 0.300. The molecule has 5 aromatic rings. The molecule has 0 aliphatic heterocycles. The number of hydrogen-bond donors (Lipinski definition) is 0. The molecule has 3 aliphatic carbocycles. The van der Waals surface area contributed by atoms with Crippen LogP contribution in [0, 0.1) is 0 Å². The predicted molar refractivity (Wildman–Crippen MR) is 158 cm³/mol. The van der Waals surface area contributed by atoms with Gasteiger partial charge in [-0.05, 0) is 44.5 Å². The maximum atomic E-state index is 2.60. The lowest BCUT2D eigenvalue weighted by Gasteiger charge is -2.57. The number of hydrogen-bond acceptors (Lipinski definition) is 0. The van der Waals surface area contributed by atoms with Gasteiger partial charge in [0.1, 0.15) is 8.07 Å². The third-order valence-corrected chi connectivity index (χ3v) is 13.3. The third kappa shape index (κ3) is 3.01. The fourth-order valence-corrected chi connectivity index (χ4v) is 11.9. The Balaban J connectivity index is 1.62. The van der Waals surface area contributed by atoms with Crippen molar-refractivity contribution in [3.63, 3.8) is 0 Å². The molecule has 0 spiro atoms. The fourth-order valence-electron chi connectivity index (χ4n) is 7.38. The van der Waals surface area contributed by atoms with E-state index >= 15 is 0 Å². The van der Waals surface area contributed by atoms with Gasteiger partial charge in [0.2, 0.25) is 0 Å². The van der Waals surface area contributed by atoms with E-state index in [1.165, 1.54) is 49.7 Å². The van der Waals surface area contributed by atoms with Gasteiger partial charge in [0, 0.05) is 11.0 Å². The Morgan fingerprint density at radius 1 is 0.541 bits per heavy atom. The zero-order valence-corrected chi connectivity index (χ0v) is 22.4. The van der Waals surface area contributed by atoms with Gasteiger partial charge in [0.15, 0.2) is 0 Å². The molecule has 8 rings (SSSR count). The zero-order chi connectivity index (χ0) is 25.0. The monoisotopic (exact) mass is 490 g/mol. The lowest BCUT2D eigenvalue weighted by atomic mass is 9.60.